The molecule has 2 rings (SSSR count). The van der Waals surface area contributed by atoms with Gasteiger partial charge in [0, 0.05) is 30.4 Å². The van der Waals surface area contributed by atoms with E-state index in [1.165, 1.54) is 57.8 Å². The average molecular weight is 424 g/mol. The molecule has 0 aliphatic heterocycles. The Morgan fingerprint density at radius 3 is 1.53 bits per heavy atom. The molecule has 0 heterocycles. The molecule has 2 aliphatic rings. The summed E-state index contributed by atoms with van der Waals surface area (Å²) in [5.74, 6) is 0.550. The second-order valence-electron chi connectivity index (χ2n) is 9.83. The highest BCUT2D eigenvalue weighted by molar-refractivity contribution is 5.87. The van der Waals surface area contributed by atoms with Gasteiger partial charge in [-0.25, -0.2) is 0 Å². The maximum Gasteiger partial charge on any atom is 0.226 e. The number of amides is 1. The lowest BCUT2D eigenvalue weighted by molar-refractivity contribution is -0.127. The highest BCUT2D eigenvalue weighted by Crippen LogP contribution is 2.52. The molecule has 2 aliphatic carbocycles. The number of unbranched alkanes of at least 4 members (excludes halogenated alkanes) is 9. The zero-order valence-electron chi connectivity index (χ0n) is 19.1. The molecule has 0 saturated heterocycles. The average Bonchev–Trinajstić information content (AvgIpc) is 3.67. The third-order valence-electron chi connectivity index (χ3n) is 7.30. The van der Waals surface area contributed by atoms with Crippen molar-refractivity contribution in [3.05, 3.63) is 0 Å². The molecule has 0 aromatic carbocycles. The predicted molar refractivity (Wildman–Crippen MR) is 120 cm³/mol. The van der Waals surface area contributed by atoms with Gasteiger partial charge in [-0.15, -0.1) is 0 Å². The molecule has 0 bridgehead atoms. The molecule has 30 heavy (non-hydrogen) atoms. The van der Waals surface area contributed by atoms with E-state index in [0.29, 0.717) is 25.2 Å². The maximum absolute atomic E-state index is 12.2. The number of hydrogen-bond acceptors (Lipinski definition) is 4. The van der Waals surface area contributed by atoms with Crippen LogP contribution in [0.25, 0.3) is 0 Å². The van der Waals surface area contributed by atoms with E-state index in [1.807, 2.05) is 0 Å². The Balaban J connectivity index is 1.36. The molecule has 174 valence electrons. The summed E-state index contributed by atoms with van der Waals surface area (Å²) < 4.78 is 0. The van der Waals surface area contributed by atoms with Crippen molar-refractivity contribution < 1.29 is 19.8 Å². The molecule has 0 aromatic heterocycles. The first-order chi connectivity index (χ1) is 14.6. The number of Topliss-reactive ketones (excluding diaryl/α,β-unsaturated/α-hetero) is 1. The minimum Gasteiger partial charge on any atom is -0.396 e. The van der Waals surface area contributed by atoms with Crippen LogP contribution >= 0.6 is 0 Å². The number of rotatable bonds is 20. The zero-order chi connectivity index (χ0) is 21.7. The van der Waals surface area contributed by atoms with Gasteiger partial charge in [0.15, 0.2) is 0 Å². The molecule has 0 radical (unpaired) electrons. The van der Waals surface area contributed by atoms with Gasteiger partial charge in [-0.1, -0.05) is 64.2 Å². The van der Waals surface area contributed by atoms with Crippen LogP contribution in [0.4, 0.5) is 0 Å². The van der Waals surface area contributed by atoms with Crippen molar-refractivity contribution in [2.45, 2.75) is 116 Å². The summed E-state index contributed by atoms with van der Waals surface area (Å²) in [5.41, 5.74) is -0.0919. The van der Waals surface area contributed by atoms with Gasteiger partial charge in [0.1, 0.15) is 5.78 Å². The molecule has 1 amide bonds. The number of hydrogen-bond donors (Lipinski definition) is 3. The Kier molecular flexibility index (Phi) is 11.4. The van der Waals surface area contributed by atoms with Crippen molar-refractivity contribution in [1.29, 1.82) is 0 Å². The lowest BCUT2D eigenvalue weighted by atomic mass is 9.90. The van der Waals surface area contributed by atoms with Crippen LogP contribution in [0.3, 0.4) is 0 Å². The first-order valence-corrected chi connectivity index (χ1v) is 12.6. The second kappa shape index (κ2) is 13.5. The monoisotopic (exact) mass is 423 g/mol. The van der Waals surface area contributed by atoms with Crippen molar-refractivity contribution >= 4 is 11.7 Å². The topological polar surface area (TPSA) is 86.6 Å². The summed E-state index contributed by atoms with van der Waals surface area (Å²) in [6, 6.07) is 0. The summed E-state index contributed by atoms with van der Waals surface area (Å²) in [7, 11) is 0. The fraction of sp³-hybridized carbons (Fsp3) is 0.920. The van der Waals surface area contributed by atoms with Gasteiger partial charge < -0.3 is 15.5 Å². The number of ketones is 1. The highest BCUT2D eigenvalue weighted by Gasteiger charge is 2.48. The van der Waals surface area contributed by atoms with Crippen LogP contribution in [0.5, 0.6) is 0 Å². The van der Waals surface area contributed by atoms with E-state index in [1.54, 1.807) is 0 Å². The van der Waals surface area contributed by atoms with E-state index in [-0.39, 0.29) is 30.0 Å². The van der Waals surface area contributed by atoms with E-state index < -0.39 is 0 Å². The van der Waals surface area contributed by atoms with Gasteiger partial charge in [0.05, 0.1) is 6.61 Å². The van der Waals surface area contributed by atoms with Crippen LogP contribution in [0, 0.1) is 10.8 Å². The number of nitrogens with one attached hydrogen (secondary N) is 1. The summed E-state index contributed by atoms with van der Waals surface area (Å²) in [5, 5.41) is 20.5. The molecule has 0 spiro atoms. The Bertz CT molecular complexity index is 465. The first-order valence-electron chi connectivity index (χ1n) is 12.6. The molecule has 2 saturated carbocycles. The molecule has 5 heteroatoms. The van der Waals surface area contributed by atoms with Gasteiger partial charge in [-0.2, -0.15) is 0 Å². The first kappa shape index (κ1) is 25.3. The molecule has 0 aromatic rings. The number of carbonyl (C=O) groups excluding carboxylic acids is 2. The minimum atomic E-state index is -0.0995. The van der Waals surface area contributed by atoms with Crippen LogP contribution in [0.1, 0.15) is 116 Å². The van der Waals surface area contributed by atoms with Gasteiger partial charge in [0.2, 0.25) is 5.91 Å². The van der Waals surface area contributed by atoms with Gasteiger partial charge in [-0.3, -0.25) is 9.59 Å². The van der Waals surface area contributed by atoms with Crippen LogP contribution in [0.2, 0.25) is 0 Å². The molecule has 3 N–H and O–H groups in total. The fourth-order valence-corrected chi connectivity index (χ4v) is 4.76. The summed E-state index contributed by atoms with van der Waals surface area (Å²) >= 11 is 0. The molecule has 0 atom stereocenters. The second-order valence-corrected chi connectivity index (χ2v) is 9.83. The lowest BCUT2D eigenvalue weighted by Crippen LogP contribution is -2.33. The van der Waals surface area contributed by atoms with E-state index >= 15 is 0 Å². The van der Waals surface area contributed by atoms with Crippen molar-refractivity contribution in [2.24, 2.45) is 10.8 Å². The summed E-state index contributed by atoms with van der Waals surface area (Å²) in [6.07, 6.45) is 20.0. The quantitative estimate of drug-likeness (QED) is 0.248. The zero-order valence-corrected chi connectivity index (χ0v) is 19.1. The Hall–Kier alpha value is -0.940. The van der Waals surface area contributed by atoms with Crippen LogP contribution in [0.15, 0.2) is 0 Å². The molecular formula is C25H45NO4. The minimum absolute atomic E-state index is 0.00766. The number of aliphatic hydroxyl groups is 2. The van der Waals surface area contributed by atoms with Crippen molar-refractivity contribution in [3.63, 3.8) is 0 Å². The van der Waals surface area contributed by atoms with Crippen LogP contribution in [-0.4, -0.2) is 41.7 Å². The van der Waals surface area contributed by atoms with Gasteiger partial charge in [0.25, 0.3) is 0 Å². The Morgan fingerprint density at radius 1 is 0.633 bits per heavy atom. The molecule has 0 unspecified atom stereocenters. The smallest absolute Gasteiger partial charge is 0.226 e. The van der Waals surface area contributed by atoms with Crippen LogP contribution in [-0.2, 0) is 9.59 Å². The third-order valence-corrected chi connectivity index (χ3v) is 7.30. The lowest BCUT2D eigenvalue weighted by Gasteiger charge is -2.14. The molecular weight excluding hydrogens is 378 g/mol. The Labute approximate surface area is 183 Å². The predicted octanol–water partition coefficient (Wildman–Crippen LogP) is 4.68. The van der Waals surface area contributed by atoms with E-state index in [4.69, 9.17) is 10.2 Å². The molecule has 5 nitrogen and oxygen atoms in total. The van der Waals surface area contributed by atoms with Gasteiger partial charge >= 0.3 is 0 Å². The molecule has 2 fully saturated rings. The standard InChI is InChI=1S/C25H45NO4/c27-20-11-12-22(29)24(15-16-24)13-9-7-5-3-1-2-4-6-8-10-14-25(17-18-25)23(30)26-19-21-28/h27-28H,1-21H2,(H,26,30). The summed E-state index contributed by atoms with van der Waals surface area (Å²) in [4.78, 5) is 24.3. The van der Waals surface area contributed by atoms with E-state index in [0.717, 1.165) is 44.9 Å². The van der Waals surface area contributed by atoms with Crippen molar-refractivity contribution in [3.8, 4) is 0 Å². The summed E-state index contributed by atoms with van der Waals surface area (Å²) in [6.45, 7) is 0.531. The SMILES string of the molecule is O=C(CCCO)C1(CCCCCCCCCCCCC2(C(=O)NCCO)CC2)CC1. The van der Waals surface area contributed by atoms with Crippen molar-refractivity contribution in [1.82, 2.24) is 5.32 Å². The Morgan fingerprint density at radius 2 is 1.10 bits per heavy atom. The number of aliphatic hydroxyl groups excluding tert-OH is 2. The number of carbonyl (C=O) groups is 2. The van der Waals surface area contributed by atoms with Crippen molar-refractivity contribution in [2.75, 3.05) is 19.8 Å². The maximum atomic E-state index is 12.2. The van der Waals surface area contributed by atoms with Crippen LogP contribution < -0.4 is 5.32 Å². The largest absolute Gasteiger partial charge is 0.396 e. The van der Waals surface area contributed by atoms with Gasteiger partial charge in [-0.05, 0) is 44.9 Å². The van der Waals surface area contributed by atoms with E-state index in [9.17, 15) is 9.59 Å². The normalized spacial score (nSPS) is 18.2. The highest BCUT2D eigenvalue weighted by atomic mass is 16.3. The third kappa shape index (κ3) is 8.66. The fourth-order valence-electron chi connectivity index (χ4n) is 4.76. The van der Waals surface area contributed by atoms with E-state index in [2.05, 4.69) is 5.32 Å².